The fraction of sp³-hybridized carbons (Fsp3) is 0.667. The van der Waals surface area contributed by atoms with Crippen molar-refractivity contribution >= 4 is 5.91 Å². The summed E-state index contributed by atoms with van der Waals surface area (Å²) in [5.41, 5.74) is -0.676. The molecule has 1 saturated heterocycles. The van der Waals surface area contributed by atoms with Gasteiger partial charge in [0, 0.05) is 26.3 Å². The maximum atomic E-state index is 12.2. The minimum Gasteiger partial charge on any atom is -0.417 e. The molecule has 9 heteroatoms. The Labute approximate surface area is 119 Å². The molecule has 1 aromatic rings. The van der Waals surface area contributed by atoms with Gasteiger partial charge in [0.25, 0.3) is 5.91 Å². The first kappa shape index (κ1) is 15.6. The molecule has 0 bridgehead atoms. The highest BCUT2D eigenvalue weighted by atomic mass is 19.3. The number of aromatic nitrogens is 2. The molecule has 1 aromatic heterocycles. The number of amides is 1. The highest BCUT2D eigenvalue weighted by Gasteiger charge is 2.36. The van der Waals surface area contributed by atoms with Gasteiger partial charge in [0.1, 0.15) is 0 Å². The minimum atomic E-state index is -2.99. The van der Waals surface area contributed by atoms with E-state index in [1.54, 1.807) is 0 Å². The highest BCUT2D eigenvalue weighted by Crippen LogP contribution is 2.23. The molecule has 0 aromatic carbocycles. The molecule has 2 heterocycles. The number of aryl methyl sites for hydroxylation is 1. The van der Waals surface area contributed by atoms with Crippen molar-refractivity contribution in [2.24, 2.45) is 7.05 Å². The minimum absolute atomic E-state index is 0.0302. The van der Waals surface area contributed by atoms with E-state index in [9.17, 15) is 13.6 Å². The summed E-state index contributed by atoms with van der Waals surface area (Å²) in [5, 5.41) is 15.7. The number of nitrogens with one attached hydrogen (secondary N) is 1. The van der Waals surface area contributed by atoms with Crippen LogP contribution in [0.5, 0.6) is 5.88 Å². The average Bonchev–Trinajstić information content (AvgIpc) is 2.98. The quantitative estimate of drug-likeness (QED) is 0.789. The van der Waals surface area contributed by atoms with Crippen LogP contribution < -0.4 is 10.1 Å². The van der Waals surface area contributed by atoms with Gasteiger partial charge < -0.3 is 19.9 Å². The Morgan fingerprint density at radius 2 is 2.48 bits per heavy atom. The van der Waals surface area contributed by atoms with Gasteiger partial charge in [0.15, 0.2) is 5.69 Å². The summed E-state index contributed by atoms with van der Waals surface area (Å²) < 4.78 is 34.9. The Bertz CT molecular complexity index is 501. The summed E-state index contributed by atoms with van der Waals surface area (Å²) in [6.07, 6.45) is 0.929. The number of nitrogens with zero attached hydrogens (tertiary/aromatic N) is 2. The van der Waals surface area contributed by atoms with Gasteiger partial charge in [-0.25, -0.2) is 4.68 Å². The lowest BCUT2D eigenvalue weighted by Gasteiger charge is -2.27. The van der Waals surface area contributed by atoms with Gasteiger partial charge in [-0.3, -0.25) is 4.79 Å². The fourth-order valence-corrected chi connectivity index (χ4v) is 2.25. The molecular weight excluding hydrogens is 288 g/mol. The Balaban J connectivity index is 2.09. The van der Waals surface area contributed by atoms with Crippen molar-refractivity contribution in [1.29, 1.82) is 0 Å². The van der Waals surface area contributed by atoms with E-state index in [1.807, 2.05) is 0 Å². The molecule has 118 valence electrons. The van der Waals surface area contributed by atoms with Crippen molar-refractivity contribution in [1.82, 2.24) is 15.1 Å². The van der Waals surface area contributed by atoms with Crippen molar-refractivity contribution in [3.8, 4) is 5.88 Å². The smallest absolute Gasteiger partial charge is 0.388 e. The third-order valence-electron chi connectivity index (χ3n) is 3.35. The van der Waals surface area contributed by atoms with Gasteiger partial charge in [0.05, 0.1) is 12.1 Å². The van der Waals surface area contributed by atoms with Crippen LogP contribution in [0.4, 0.5) is 8.78 Å². The molecule has 0 aliphatic carbocycles. The number of carbonyl (C=O) groups excluding carboxylic acids is 1. The number of aliphatic hydroxyl groups excluding tert-OH is 1. The van der Waals surface area contributed by atoms with E-state index in [-0.39, 0.29) is 18.2 Å². The first-order valence-corrected chi connectivity index (χ1v) is 6.46. The Kier molecular flexibility index (Phi) is 4.73. The van der Waals surface area contributed by atoms with Crippen LogP contribution in [0.15, 0.2) is 6.07 Å². The molecule has 1 amide bonds. The Hall–Kier alpha value is -1.74. The lowest BCUT2D eigenvalue weighted by atomic mass is 9.94. The molecule has 0 spiro atoms. The predicted octanol–water partition coefficient (Wildman–Crippen LogP) is 0.293. The summed E-state index contributed by atoms with van der Waals surface area (Å²) in [6, 6.07) is 1.14. The molecule has 1 aliphatic rings. The lowest BCUT2D eigenvalue weighted by Crippen LogP contribution is -2.49. The third-order valence-corrected chi connectivity index (χ3v) is 3.35. The van der Waals surface area contributed by atoms with Crippen LogP contribution in [-0.4, -0.2) is 52.8 Å². The molecule has 2 N–H and O–H groups in total. The largest absolute Gasteiger partial charge is 0.417 e. The topological polar surface area (TPSA) is 85.6 Å². The molecule has 0 saturated carbocycles. The summed E-state index contributed by atoms with van der Waals surface area (Å²) in [5.74, 6) is -0.720. The molecule has 1 aliphatic heterocycles. The van der Waals surface area contributed by atoms with E-state index in [4.69, 9.17) is 9.84 Å². The van der Waals surface area contributed by atoms with Crippen LogP contribution >= 0.6 is 0 Å². The molecule has 2 rings (SSSR count). The average molecular weight is 305 g/mol. The van der Waals surface area contributed by atoms with Crippen LogP contribution in [0.25, 0.3) is 0 Å². The van der Waals surface area contributed by atoms with Crippen LogP contribution in [0, 0.1) is 0 Å². The number of rotatable bonds is 6. The van der Waals surface area contributed by atoms with Crippen molar-refractivity contribution in [3.63, 3.8) is 0 Å². The third kappa shape index (κ3) is 3.67. The second-order valence-electron chi connectivity index (χ2n) is 4.88. The molecule has 7 nitrogen and oxygen atoms in total. The second kappa shape index (κ2) is 6.35. The summed E-state index contributed by atoms with van der Waals surface area (Å²) >= 11 is 0. The van der Waals surface area contributed by atoms with Gasteiger partial charge in [0.2, 0.25) is 5.88 Å². The number of hydrogen-bond acceptors (Lipinski definition) is 5. The van der Waals surface area contributed by atoms with E-state index < -0.39 is 18.1 Å². The van der Waals surface area contributed by atoms with E-state index in [0.717, 1.165) is 10.7 Å². The lowest BCUT2D eigenvalue weighted by molar-refractivity contribution is -0.0553. The van der Waals surface area contributed by atoms with Crippen LogP contribution in [0.3, 0.4) is 0 Å². The number of halogens is 2. The van der Waals surface area contributed by atoms with Gasteiger partial charge >= 0.3 is 6.61 Å². The number of hydrogen-bond donors (Lipinski definition) is 2. The fourth-order valence-electron chi connectivity index (χ4n) is 2.25. The Morgan fingerprint density at radius 1 is 1.71 bits per heavy atom. The zero-order valence-corrected chi connectivity index (χ0v) is 11.5. The van der Waals surface area contributed by atoms with E-state index in [1.165, 1.54) is 7.05 Å². The Morgan fingerprint density at radius 3 is 3.05 bits per heavy atom. The molecule has 0 radical (unpaired) electrons. The zero-order valence-electron chi connectivity index (χ0n) is 11.5. The van der Waals surface area contributed by atoms with E-state index >= 15 is 0 Å². The van der Waals surface area contributed by atoms with E-state index in [0.29, 0.717) is 26.1 Å². The SMILES string of the molecule is Cn1nc(C(=O)NC2(CCO)CCOC2)cc1OC(F)F. The van der Waals surface area contributed by atoms with Crippen molar-refractivity contribution < 1.29 is 28.2 Å². The number of carbonyl (C=O) groups is 1. The van der Waals surface area contributed by atoms with Crippen molar-refractivity contribution in [2.75, 3.05) is 19.8 Å². The highest BCUT2D eigenvalue weighted by molar-refractivity contribution is 5.93. The first-order chi connectivity index (χ1) is 9.96. The van der Waals surface area contributed by atoms with Crippen LogP contribution in [0.2, 0.25) is 0 Å². The maximum Gasteiger partial charge on any atom is 0.388 e. The number of aliphatic hydroxyl groups is 1. The van der Waals surface area contributed by atoms with E-state index in [2.05, 4.69) is 15.2 Å². The van der Waals surface area contributed by atoms with Crippen molar-refractivity contribution in [3.05, 3.63) is 11.8 Å². The second-order valence-corrected chi connectivity index (χ2v) is 4.88. The zero-order chi connectivity index (χ0) is 15.5. The molecule has 21 heavy (non-hydrogen) atoms. The summed E-state index contributed by atoms with van der Waals surface area (Å²) in [4.78, 5) is 12.2. The van der Waals surface area contributed by atoms with Gasteiger partial charge in [-0.2, -0.15) is 13.9 Å². The van der Waals surface area contributed by atoms with Crippen molar-refractivity contribution in [2.45, 2.75) is 25.0 Å². The van der Waals surface area contributed by atoms with Crippen LogP contribution in [0.1, 0.15) is 23.3 Å². The number of ether oxygens (including phenoxy) is 2. The molecule has 1 fully saturated rings. The monoisotopic (exact) mass is 305 g/mol. The number of alkyl halides is 2. The maximum absolute atomic E-state index is 12.2. The normalized spacial score (nSPS) is 21.8. The molecule has 1 atom stereocenters. The van der Waals surface area contributed by atoms with Gasteiger partial charge in [-0.05, 0) is 12.8 Å². The molecular formula is C12H17F2N3O4. The summed E-state index contributed by atoms with van der Waals surface area (Å²) in [7, 11) is 1.40. The summed E-state index contributed by atoms with van der Waals surface area (Å²) in [6.45, 7) is -2.29. The van der Waals surface area contributed by atoms with Crippen LogP contribution in [-0.2, 0) is 11.8 Å². The van der Waals surface area contributed by atoms with Gasteiger partial charge in [-0.1, -0.05) is 0 Å². The first-order valence-electron chi connectivity index (χ1n) is 6.46. The van der Waals surface area contributed by atoms with Gasteiger partial charge in [-0.15, -0.1) is 0 Å². The molecule has 1 unspecified atom stereocenters. The predicted molar refractivity (Wildman–Crippen MR) is 67.2 cm³/mol. The standard InChI is InChI=1S/C12H17F2N3O4/c1-17-9(21-11(13)14)6-8(16-17)10(19)15-12(2-4-18)3-5-20-7-12/h6,11,18H,2-5,7H2,1H3,(H,15,19).